The third-order valence-electron chi connectivity index (χ3n) is 2.65. The molecule has 0 bridgehead atoms. The first-order valence-corrected chi connectivity index (χ1v) is 6.25. The van der Waals surface area contributed by atoms with E-state index in [4.69, 9.17) is 10.6 Å². The van der Waals surface area contributed by atoms with Crippen LogP contribution in [0.3, 0.4) is 0 Å². The predicted octanol–water partition coefficient (Wildman–Crippen LogP) is 1.36. The maximum atomic E-state index is 11.0. The summed E-state index contributed by atoms with van der Waals surface area (Å²) in [5.41, 5.74) is 3.05. The lowest BCUT2D eigenvalue weighted by Crippen LogP contribution is -2.30. The SMILES string of the molecule is CC(=O)Cc1ccc(OC(C)CCC(=O)NN)cc1. The normalized spacial score (nSPS) is 11.7. The fourth-order valence-electron chi connectivity index (χ4n) is 1.67. The molecule has 104 valence electrons. The number of nitrogens with two attached hydrogens (primary N) is 1. The zero-order chi connectivity index (χ0) is 14.3. The van der Waals surface area contributed by atoms with Crippen molar-refractivity contribution >= 4 is 11.7 Å². The number of hydrogen-bond donors (Lipinski definition) is 2. The molecular weight excluding hydrogens is 244 g/mol. The second kappa shape index (κ2) is 7.53. The molecule has 0 radical (unpaired) electrons. The number of rotatable bonds is 7. The molecule has 0 aliphatic carbocycles. The Morgan fingerprint density at radius 1 is 1.32 bits per heavy atom. The summed E-state index contributed by atoms with van der Waals surface area (Å²) < 4.78 is 5.66. The van der Waals surface area contributed by atoms with Gasteiger partial charge in [0.05, 0.1) is 6.10 Å². The second-order valence-corrected chi connectivity index (χ2v) is 4.56. The van der Waals surface area contributed by atoms with Gasteiger partial charge in [0.25, 0.3) is 0 Å². The van der Waals surface area contributed by atoms with E-state index in [0.29, 0.717) is 19.3 Å². The number of ether oxygens (including phenoxy) is 1. The highest BCUT2D eigenvalue weighted by Crippen LogP contribution is 2.16. The number of carbonyl (C=O) groups is 2. The highest BCUT2D eigenvalue weighted by Gasteiger charge is 2.07. The second-order valence-electron chi connectivity index (χ2n) is 4.56. The summed E-state index contributed by atoms with van der Waals surface area (Å²) in [6.07, 6.45) is 1.29. The molecule has 1 atom stereocenters. The van der Waals surface area contributed by atoms with E-state index in [-0.39, 0.29) is 17.8 Å². The van der Waals surface area contributed by atoms with Gasteiger partial charge >= 0.3 is 0 Å². The van der Waals surface area contributed by atoms with Gasteiger partial charge in [-0.3, -0.25) is 15.0 Å². The van der Waals surface area contributed by atoms with Gasteiger partial charge in [-0.25, -0.2) is 5.84 Å². The van der Waals surface area contributed by atoms with Crippen LogP contribution in [0.25, 0.3) is 0 Å². The lowest BCUT2D eigenvalue weighted by molar-refractivity contribution is -0.121. The summed E-state index contributed by atoms with van der Waals surface area (Å²) in [7, 11) is 0. The summed E-state index contributed by atoms with van der Waals surface area (Å²) in [6, 6.07) is 7.40. The van der Waals surface area contributed by atoms with E-state index in [2.05, 4.69) is 5.43 Å². The number of Topliss-reactive ketones (excluding diaryl/α,β-unsaturated/α-hetero) is 1. The van der Waals surface area contributed by atoms with Crippen LogP contribution in [0.1, 0.15) is 32.3 Å². The quantitative estimate of drug-likeness (QED) is 0.442. The van der Waals surface area contributed by atoms with Gasteiger partial charge in [0, 0.05) is 12.8 Å². The number of hydrazine groups is 1. The van der Waals surface area contributed by atoms with Crippen molar-refractivity contribution in [1.82, 2.24) is 5.43 Å². The van der Waals surface area contributed by atoms with Crippen LogP contribution in [0.2, 0.25) is 0 Å². The molecule has 19 heavy (non-hydrogen) atoms. The molecule has 1 aromatic rings. The third kappa shape index (κ3) is 6.01. The fourth-order valence-corrected chi connectivity index (χ4v) is 1.67. The van der Waals surface area contributed by atoms with E-state index in [1.807, 2.05) is 31.2 Å². The van der Waals surface area contributed by atoms with Crippen molar-refractivity contribution in [2.24, 2.45) is 5.84 Å². The topological polar surface area (TPSA) is 81.4 Å². The largest absolute Gasteiger partial charge is 0.491 e. The Morgan fingerprint density at radius 2 is 1.95 bits per heavy atom. The van der Waals surface area contributed by atoms with Gasteiger partial charge in [-0.15, -0.1) is 0 Å². The first-order chi connectivity index (χ1) is 9.01. The van der Waals surface area contributed by atoms with Crippen LogP contribution >= 0.6 is 0 Å². The summed E-state index contributed by atoms with van der Waals surface area (Å²) in [5, 5.41) is 0. The molecule has 1 aromatic carbocycles. The maximum absolute atomic E-state index is 11.0. The maximum Gasteiger partial charge on any atom is 0.234 e. The summed E-state index contributed by atoms with van der Waals surface area (Å²) in [4.78, 5) is 22.0. The van der Waals surface area contributed by atoms with Crippen molar-refractivity contribution in [2.45, 2.75) is 39.2 Å². The van der Waals surface area contributed by atoms with Crippen LogP contribution < -0.4 is 16.0 Å². The van der Waals surface area contributed by atoms with E-state index in [0.717, 1.165) is 11.3 Å². The molecule has 5 nitrogen and oxygen atoms in total. The first kappa shape index (κ1) is 15.2. The Hall–Kier alpha value is -1.88. The smallest absolute Gasteiger partial charge is 0.234 e. The Morgan fingerprint density at radius 3 is 2.47 bits per heavy atom. The number of ketones is 1. The van der Waals surface area contributed by atoms with E-state index in [1.165, 1.54) is 0 Å². The van der Waals surface area contributed by atoms with Crippen LogP contribution in [-0.4, -0.2) is 17.8 Å². The Bertz CT molecular complexity index is 429. The third-order valence-corrected chi connectivity index (χ3v) is 2.65. The molecular formula is C14H20N2O3. The van der Waals surface area contributed by atoms with Gasteiger partial charge in [-0.05, 0) is 38.0 Å². The average Bonchev–Trinajstić information content (AvgIpc) is 2.37. The molecule has 0 aromatic heterocycles. The van der Waals surface area contributed by atoms with Crippen molar-refractivity contribution in [3.63, 3.8) is 0 Å². The Labute approximate surface area is 113 Å². The molecule has 3 N–H and O–H groups in total. The monoisotopic (exact) mass is 264 g/mol. The van der Waals surface area contributed by atoms with Crippen molar-refractivity contribution in [2.75, 3.05) is 0 Å². The van der Waals surface area contributed by atoms with E-state index in [1.54, 1.807) is 6.92 Å². The molecule has 0 saturated heterocycles. The van der Waals surface area contributed by atoms with Gasteiger partial charge in [0.2, 0.25) is 5.91 Å². The highest BCUT2D eigenvalue weighted by atomic mass is 16.5. The summed E-state index contributed by atoms with van der Waals surface area (Å²) >= 11 is 0. The predicted molar refractivity (Wildman–Crippen MR) is 72.5 cm³/mol. The zero-order valence-electron chi connectivity index (χ0n) is 11.3. The summed E-state index contributed by atoms with van der Waals surface area (Å²) in [6.45, 7) is 3.46. The first-order valence-electron chi connectivity index (χ1n) is 6.25. The van der Waals surface area contributed by atoms with Crippen LogP contribution in [0.4, 0.5) is 0 Å². The van der Waals surface area contributed by atoms with Gasteiger partial charge in [-0.1, -0.05) is 12.1 Å². The van der Waals surface area contributed by atoms with E-state index >= 15 is 0 Å². The minimum atomic E-state index is -0.202. The minimum absolute atomic E-state index is 0.0732. The van der Waals surface area contributed by atoms with Gasteiger partial charge in [0.1, 0.15) is 11.5 Å². The van der Waals surface area contributed by atoms with Crippen LogP contribution in [0.15, 0.2) is 24.3 Å². The van der Waals surface area contributed by atoms with Gasteiger partial charge in [-0.2, -0.15) is 0 Å². The number of benzene rings is 1. The molecule has 1 unspecified atom stereocenters. The minimum Gasteiger partial charge on any atom is -0.491 e. The number of carbonyl (C=O) groups excluding carboxylic acids is 2. The lowest BCUT2D eigenvalue weighted by atomic mass is 10.1. The van der Waals surface area contributed by atoms with Crippen molar-refractivity contribution in [3.8, 4) is 5.75 Å². The van der Waals surface area contributed by atoms with Crippen LogP contribution in [-0.2, 0) is 16.0 Å². The lowest BCUT2D eigenvalue weighted by Gasteiger charge is -2.14. The van der Waals surface area contributed by atoms with Gasteiger partial charge in [0.15, 0.2) is 0 Å². The Kier molecular flexibility index (Phi) is 6.02. The fraction of sp³-hybridized carbons (Fsp3) is 0.429. The van der Waals surface area contributed by atoms with E-state index in [9.17, 15) is 9.59 Å². The van der Waals surface area contributed by atoms with Crippen molar-refractivity contribution in [3.05, 3.63) is 29.8 Å². The molecule has 0 saturated carbocycles. The molecule has 0 aliphatic heterocycles. The van der Waals surface area contributed by atoms with Crippen molar-refractivity contribution in [1.29, 1.82) is 0 Å². The Balaban J connectivity index is 2.44. The molecule has 1 amide bonds. The molecule has 0 aliphatic rings. The highest BCUT2D eigenvalue weighted by molar-refractivity contribution is 5.78. The zero-order valence-corrected chi connectivity index (χ0v) is 11.3. The van der Waals surface area contributed by atoms with E-state index < -0.39 is 0 Å². The average molecular weight is 264 g/mol. The van der Waals surface area contributed by atoms with Crippen molar-refractivity contribution < 1.29 is 14.3 Å². The standard InChI is InChI=1S/C14H20N2O3/c1-10(17)9-12-4-6-13(7-5-12)19-11(2)3-8-14(18)16-15/h4-7,11H,3,8-9,15H2,1-2H3,(H,16,18). The molecule has 1 rings (SSSR count). The van der Waals surface area contributed by atoms with Crippen LogP contribution in [0, 0.1) is 0 Å². The number of hydrogen-bond acceptors (Lipinski definition) is 4. The molecule has 0 fully saturated rings. The van der Waals surface area contributed by atoms with Gasteiger partial charge < -0.3 is 4.74 Å². The molecule has 0 heterocycles. The number of nitrogens with one attached hydrogen (secondary N) is 1. The molecule has 0 spiro atoms. The number of amides is 1. The van der Waals surface area contributed by atoms with Crippen LogP contribution in [0.5, 0.6) is 5.75 Å². The summed E-state index contributed by atoms with van der Waals surface area (Å²) in [5.74, 6) is 5.66. The molecule has 5 heteroatoms.